The summed E-state index contributed by atoms with van der Waals surface area (Å²) in [7, 11) is 0. The number of carbonyl (C=O) groups is 1. The van der Waals surface area contributed by atoms with Crippen molar-refractivity contribution in [2.24, 2.45) is 0 Å². The second-order valence-corrected chi connectivity index (χ2v) is 6.67. The number of anilines is 1. The van der Waals surface area contributed by atoms with Gasteiger partial charge in [-0.25, -0.2) is 0 Å². The van der Waals surface area contributed by atoms with Crippen LogP contribution in [0.3, 0.4) is 0 Å². The van der Waals surface area contributed by atoms with Gasteiger partial charge in [-0.2, -0.15) is 10.2 Å². The van der Waals surface area contributed by atoms with Gasteiger partial charge in [0.2, 0.25) is 5.69 Å². The first-order valence-electron chi connectivity index (χ1n) is 8.61. The standard InChI is InChI=1S/C18H19ClN6O3/c1-4-23-17(15(9-20-23)25(27)28)18(26)21-16-11(2)22-24(12(16)3)10-13-5-7-14(19)8-6-13/h5-9H,4,10H2,1-3H3,(H,21,26). The van der Waals surface area contributed by atoms with Gasteiger partial charge in [-0.1, -0.05) is 23.7 Å². The summed E-state index contributed by atoms with van der Waals surface area (Å²) in [6, 6.07) is 7.41. The van der Waals surface area contributed by atoms with E-state index in [9.17, 15) is 14.9 Å². The van der Waals surface area contributed by atoms with Crippen molar-refractivity contribution in [1.29, 1.82) is 0 Å². The maximum absolute atomic E-state index is 12.8. The molecule has 0 saturated heterocycles. The van der Waals surface area contributed by atoms with Gasteiger partial charge in [-0.15, -0.1) is 0 Å². The maximum Gasteiger partial charge on any atom is 0.320 e. The van der Waals surface area contributed by atoms with Crippen LogP contribution in [-0.4, -0.2) is 30.4 Å². The molecule has 2 aromatic heterocycles. The third-order valence-electron chi connectivity index (χ3n) is 4.40. The van der Waals surface area contributed by atoms with E-state index in [-0.39, 0.29) is 11.4 Å². The van der Waals surface area contributed by atoms with Crippen LogP contribution in [0.1, 0.15) is 34.4 Å². The first kappa shape index (κ1) is 19.6. The number of halogens is 1. The van der Waals surface area contributed by atoms with E-state index in [0.717, 1.165) is 17.5 Å². The second kappa shape index (κ2) is 7.81. The highest BCUT2D eigenvalue weighted by molar-refractivity contribution is 6.30. The van der Waals surface area contributed by atoms with E-state index in [0.29, 0.717) is 29.5 Å². The lowest BCUT2D eigenvalue weighted by molar-refractivity contribution is -0.385. The molecular formula is C18H19ClN6O3. The van der Waals surface area contributed by atoms with Crippen molar-refractivity contribution >= 4 is 28.9 Å². The Hall–Kier alpha value is -3.20. The van der Waals surface area contributed by atoms with Crippen molar-refractivity contribution in [3.63, 3.8) is 0 Å². The molecule has 0 radical (unpaired) electrons. The number of nitrogens with one attached hydrogen (secondary N) is 1. The average Bonchev–Trinajstić information content (AvgIpc) is 3.20. The van der Waals surface area contributed by atoms with Crippen LogP contribution >= 0.6 is 11.6 Å². The molecule has 0 aliphatic carbocycles. The molecule has 1 aromatic carbocycles. The summed E-state index contributed by atoms with van der Waals surface area (Å²) < 4.78 is 3.07. The maximum atomic E-state index is 12.8. The van der Waals surface area contributed by atoms with E-state index in [2.05, 4.69) is 15.5 Å². The predicted octanol–water partition coefficient (Wildman–Crippen LogP) is 3.58. The van der Waals surface area contributed by atoms with Crippen LogP contribution in [-0.2, 0) is 13.1 Å². The van der Waals surface area contributed by atoms with E-state index in [4.69, 9.17) is 11.6 Å². The molecule has 0 atom stereocenters. The molecule has 0 aliphatic heterocycles. The van der Waals surface area contributed by atoms with Crippen LogP contribution in [0.5, 0.6) is 0 Å². The molecule has 0 aliphatic rings. The summed E-state index contributed by atoms with van der Waals surface area (Å²) in [5.41, 5.74) is 2.47. The molecule has 9 nitrogen and oxygen atoms in total. The van der Waals surface area contributed by atoms with Crippen LogP contribution in [0.4, 0.5) is 11.4 Å². The van der Waals surface area contributed by atoms with Gasteiger partial charge in [0, 0.05) is 11.6 Å². The molecule has 3 aromatic rings. The molecule has 1 amide bonds. The molecule has 3 rings (SSSR count). The zero-order chi connectivity index (χ0) is 20.4. The van der Waals surface area contributed by atoms with Gasteiger partial charge in [0.1, 0.15) is 6.20 Å². The van der Waals surface area contributed by atoms with Crippen molar-refractivity contribution in [1.82, 2.24) is 19.6 Å². The minimum Gasteiger partial charge on any atom is -0.317 e. The minimum atomic E-state index is -0.613. The molecule has 0 bridgehead atoms. The fraction of sp³-hybridized carbons (Fsp3) is 0.278. The third-order valence-corrected chi connectivity index (χ3v) is 4.65. The molecule has 10 heteroatoms. The molecule has 2 heterocycles. The number of nitro groups is 1. The van der Waals surface area contributed by atoms with E-state index >= 15 is 0 Å². The van der Waals surface area contributed by atoms with Gasteiger partial charge in [0.15, 0.2) is 0 Å². The SMILES string of the molecule is CCn1ncc([N+](=O)[O-])c1C(=O)Nc1c(C)nn(Cc2ccc(Cl)cc2)c1C. The van der Waals surface area contributed by atoms with Gasteiger partial charge < -0.3 is 5.32 Å². The largest absolute Gasteiger partial charge is 0.320 e. The van der Waals surface area contributed by atoms with Crippen molar-refractivity contribution in [3.05, 3.63) is 68.2 Å². The summed E-state index contributed by atoms with van der Waals surface area (Å²) in [6.45, 7) is 6.20. The fourth-order valence-electron chi connectivity index (χ4n) is 2.95. The Balaban J connectivity index is 1.88. The highest BCUT2D eigenvalue weighted by Crippen LogP contribution is 2.24. The normalized spacial score (nSPS) is 10.9. The summed E-state index contributed by atoms with van der Waals surface area (Å²) in [6.07, 6.45) is 1.09. The first-order chi connectivity index (χ1) is 13.3. The van der Waals surface area contributed by atoms with Crippen LogP contribution in [0.15, 0.2) is 30.5 Å². The van der Waals surface area contributed by atoms with Crippen LogP contribution in [0, 0.1) is 24.0 Å². The van der Waals surface area contributed by atoms with Crippen LogP contribution in [0.2, 0.25) is 5.02 Å². The predicted molar refractivity (Wildman–Crippen MR) is 105 cm³/mol. The Morgan fingerprint density at radius 1 is 1.25 bits per heavy atom. The lowest BCUT2D eigenvalue weighted by Gasteiger charge is -2.08. The van der Waals surface area contributed by atoms with Crippen molar-refractivity contribution in [3.8, 4) is 0 Å². The molecule has 146 valence electrons. The number of hydrogen-bond acceptors (Lipinski definition) is 5. The highest BCUT2D eigenvalue weighted by Gasteiger charge is 2.27. The molecule has 0 saturated carbocycles. The Morgan fingerprint density at radius 3 is 2.54 bits per heavy atom. The molecule has 0 spiro atoms. The molecule has 0 unspecified atom stereocenters. The van der Waals surface area contributed by atoms with Crippen LogP contribution in [0.25, 0.3) is 0 Å². The second-order valence-electron chi connectivity index (χ2n) is 6.24. The number of benzene rings is 1. The Bertz CT molecular complexity index is 1040. The Kier molecular flexibility index (Phi) is 5.46. The van der Waals surface area contributed by atoms with Crippen LogP contribution < -0.4 is 5.32 Å². The molecule has 28 heavy (non-hydrogen) atoms. The van der Waals surface area contributed by atoms with Gasteiger partial charge >= 0.3 is 5.69 Å². The van der Waals surface area contributed by atoms with Gasteiger partial charge in [-0.05, 0) is 38.5 Å². The molecule has 0 fully saturated rings. The van der Waals surface area contributed by atoms with Gasteiger partial charge in [-0.3, -0.25) is 24.3 Å². The van der Waals surface area contributed by atoms with E-state index in [1.165, 1.54) is 4.68 Å². The monoisotopic (exact) mass is 402 g/mol. The molecule has 1 N–H and O–H groups in total. The zero-order valence-electron chi connectivity index (χ0n) is 15.6. The number of aromatic nitrogens is 4. The minimum absolute atomic E-state index is 0.0863. The zero-order valence-corrected chi connectivity index (χ0v) is 16.4. The Labute approximate surface area is 166 Å². The topological polar surface area (TPSA) is 108 Å². The highest BCUT2D eigenvalue weighted by atomic mass is 35.5. The van der Waals surface area contributed by atoms with E-state index in [1.807, 2.05) is 19.1 Å². The Morgan fingerprint density at radius 2 is 1.93 bits per heavy atom. The fourth-order valence-corrected chi connectivity index (χ4v) is 3.08. The summed E-state index contributed by atoms with van der Waals surface area (Å²) >= 11 is 5.92. The lowest BCUT2D eigenvalue weighted by Crippen LogP contribution is -2.19. The van der Waals surface area contributed by atoms with E-state index < -0.39 is 10.8 Å². The summed E-state index contributed by atoms with van der Waals surface area (Å²) in [5.74, 6) is -0.594. The number of amides is 1. The van der Waals surface area contributed by atoms with Gasteiger partial charge in [0.05, 0.1) is 28.5 Å². The summed E-state index contributed by atoms with van der Waals surface area (Å²) in [5, 5.41) is 23.0. The lowest BCUT2D eigenvalue weighted by atomic mass is 10.2. The van der Waals surface area contributed by atoms with Crippen molar-refractivity contribution < 1.29 is 9.72 Å². The molecular weight excluding hydrogens is 384 g/mol. The number of carbonyl (C=O) groups excluding carboxylic acids is 1. The number of aryl methyl sites for hydroxylation is 2. The van der Waals surface area contributed by atoms with E-state index in [1.54, 1.807) is 30.7 Å². The number of nitrogens with zero attached hydrogens (tertiary/aromatic N) is 5. The van der Waals surface area contributed by atoms with Gasteiger partial charge in [0.25, 0.3) is 5.91 Å². The van der Waals surface area contributed by atoms with Crippen molar-refractivity contribution in [2.45, 2.75) is 33.9 Å². The average molecular weight is 403 g/mol. The summed E-state index contributed by atoms with van der Waals surface area (Å²) in [4.78, 5) is 23.4. The first-order valence-corrected chi connectivity index (χ1v) is 8.99. The number of hydrogen-bond donors (Lipinski definition) is 1. The number of rotatable bonds is 6. The third kappa shape index (κ3) is 3.74. The van der Waals surface area contributed by atoms with Crippen molar-refractivity contribution in [2.75, 3.05) is 5.32 Å². The quantitative estimate of drug-likeness (QED) is 0.500. The smallest absolute Gasteiger partial charge is 0.317 e.